The number of rotatable bonds is 6. The lowest BCUT2D eigenvalue weighted by atomic mass is 9.98. The molecule has 0 spiro atoms. The van der Waals surface area contributed by atoms with Crippen molar-refractivity contribution >= 4 is 5.91 Å². The Morgan fingerprint density at radius 1 is 1.00 bits per heavy atom. The summed E-state index contributed by atoms with van der Waals surface area (Å²) in [7, 11) is 0. The van der Waals surface area contributed by atoms with E-state index in [1.807, 2.05) is 29.8 Å². The SMILES string of the molecule is Cc1ccc([C@@H](NC(=O)CCn2nccc2C)c2ccncc2)cc1. The molecule has 0 saturated carbocycles. The second kappa shape index (κ2) is 7.75. The van der Waals surface area contributed by atoms with E-state index in [1.165, 1.54) is 5.56 Å². The fraction of sp³-hybridized carbons (Fsp3) is 0.250. The first-order valence-electron chi connectivity index (χ1n) is 8.38. The Morgan fingerprint density at radius 2 is 1.68 bits per heavy atom. The maximum absolute atomic E-state index is 12.5. The molecule has 1 amide bonds. The monoisotopic (exact) mass is 334 g/mol. The quantitative estimate of drug-likeness (QED) is 0.753. The van der Waals surface area contributed by atoms with Gasteiger partial charge in [-0.05, 0) is 43.2 Å². The molecule has 0 aliphatic heterocycles. The van der Waals surface area contributed by atoms with Gasteiger partial charge in [0.1, 0.15) is 0 Å². The van der Waals surface area contributed by atoms with E-state index in [0.29, 0.717) is 13.0 Å². The van der Waals surface area contributed by atoms with Gasteiger partial charge in [-0.15, -0.1) is 0 Å². The van der Waals surface area contributed by atoms with Crippen molar-refractivity contribution in [1.29, 1.82) is 0 Å². The van der Waals surface area contributed by atoms with Crippen molar-refractivity contribution in [3.05, 3.63) is 83.4 Å². The second-order valence-corrected chi connectivity index (χ2v) is 6.14. The Balaban J connectivity index is 1.74. The number of nitrogens with one attached hydrogen (secondary N) is 1. The van der Waals surface area contributed by atoms with Gasteiger partial charge in [-0.25, -0.2) is 0 Å². The summed E-state index contributed by atoms with van der Waals surface area (Å²) in [6, 6.07) is 13.8. The summed E-state index contributed by atoms with van der Waals surface area (Å²) in [6.07, 6.45) is 5.63. The first kappa shape index (κ1) is 16.9. The molecular weight excluding hydrogens is 312 g/mol. The van der Waals surface area contributed by atoms with Crippen molar-refractivity contribution in [2.45, 2.75) is 32.9 Å². The first-order valence-corrected chi connectivity index (χ1v) is 8.38. The standard InChI is InChI=1S/C20H22N4O/c1-15-3-5-17(6-4-15)20(18-8-11-21-12-9-18)23-19(25)10-14-24-16(2)7-13-22-24/h3-9,11-13,20H,10,14H2,1-2H3,(H,23,25)/t20-/m1/s1. The highest BCUT2D eigenvalue weighted by atomic mass is 16.1. The zero-order chi connectivity index (χ0) is 17.6. The maximum Gasteiger partial charge on any atom is 0.222 e. The van der Waals surface area contributed by atoms with Gasteiger partial charge in [0.15, 0.2) is 0 Å². The maximum atomic E-state index is 12.5. The molecule has 1 N–H and O–H groups in total. The molecule has 2 heterocycles. The number of pyridine rings is 1. The molecule has 0 aliphatic carbocycles. The van der Waals surface area contributed by atoms with Crippen molar-refractivity contribution in [2.24, 2.45) is 0 Å². The van der Waals surface area contributed by atoms with Crippen molar-refractivity contribution in [3.63, 3.8) is 0 Å². The smallest absolute Gasteiger partial charge is 0.222 e. The predicted molar refractivity (Wildman–Crippen MR) is 97.0 cm³/mol. The first-order chi connectivity index (χ1) is 12.1. The zero-order valence-electron chi connectivity index (χ0n) is 14.5. The molecule has 5 heteroatoms. The van der Waals surface area contributed by atoms with E-state index in [1.54, 1.807) is 18.6 Å². The molecular formula is C20H22N4O. The summed E-state index contributed by atoms with van der Waals surface area (Å²) < 4.78 is 1.84. The third-order valence-electron chi connectivity index (χ3n) is 4.24. The van der Waals surface area contributed by atoms with Gasteiger partial charge in [0.05, 0.1) is 6.04 Å². The number of carbonyl (C=O) groups is 1. The van der Waals surface area contributed by atoms with Crippen LogP contribution in [-0.4, -0.2) is 20.7 Å². The number of hydrogen-bond acceptors (Lipinski definition) is 3. The Morgan fingerprint density at radius 3 is 2.32 bits per heavy atom. The third-order valence-corrected chi connectivity index (χ3v) is 4.24. The van der Waals surface area contributed by atoms with Crippen LogP contribution in [0.25, 0.3) is 0 Å². The normalized spacial score (nSPS) is 11.9. The summed E-state index contributed by atoms with van der Waals surface area (Å²) in [4.78, 5) is 16.6. The van der Waals surface area contributed by atoms with E-state index in [0.717, 1.165) is 16.8 Å². The fourth-order valence-electron chi connectivity index (χ4n) is 2.75. The summed E-state index contributed by atoms with van der Waals surface area (Å²) in [5, 5.41) is 7.36. The van der Waals surface area contributed by atoms with E-state index in [-0.39, 0.29) is 11.9 Å². The van der Waals surface area contributed by atoms with Gasteiger partial charge >= 0.3 is 0 Å². The summed E-state index contributed by atoms with van der Waals surface area (Å²) in [5.41, 5.74) is 4.32. The molecule has 0 saturated heterocycles. The Kier molecular flexibility index (Phi) is 5.23. The highest BCUT2D eigenvalue weighted by Gasteiger charge is 2.17. The van der Waals surface area contributed by atoms with Crippen molar-refractivity contribution < 1.29 is 4.79 Å². The van der Waals surface area contributed by atoms with Crippen molar-refractivity contribution in [3.8, 4) is 0 Å². The molecule has 25 heavy (non-hydrogen) atoms. The number of aryl methyl sites for hydroxylation is 3. The van der Waals surface area contributed by atoms with Crippen LogP contribution in [0.5, 0.6) is 0 Å². The number of nitrogens with zero attached hydrogens (tertiary/aromatic N) is 3. The van der Waals surface area contributed by atoms with Gasteiger partial charge in [0.25, 0.3) is 0 Å². The van der Waals surface area contributed by atoms with Crippen LogP contribution in [0.4, 0.5) is 0 Å². The van der Waals surface area contributed by atoms with Crippen LogP contribution in [0.1, 0.15) is 34.8 Å². The van der Waals surface area contributed by atoms with Gasteiger partial charge in [-0.1, -0.05) is 29.8 Å². The molecule has 0 aliphatic rings. The van der Waals surface area contributed by atoms with Crippen LogP contribution in [0, 0.1) is 13.8 Å². The highest BCUT2D eigenvalue weighted by Crippen LogP contribution is 2.22. The molecule has 5 nitrogen and oxygen atoms in total. The number of benzene rings is 1. The molecule has 0 radical (unpaired) electrons. The molecule has 1 atom stereocenters. The number of hydrogen-bond donors (Lipinski definition) is 1. The third kappa shape index (κ3) is 4.32. The minimum atomic E-state index is -0.185. The molecule has 3 aromatic rings. The van der Waals surface area contributed by atoms with Gasteiger partial charge in [-0.2, -0.15) is 5.10 Å². The zero-order valence-corrected chi connectivity index (χ0v) is 14.5. The molecule has 128 valence electrons. The Hall–Kier alpha value is -2.95. The molecule has 2 aromatic heterocycles. The lowest BCUT2D eigenvalue weighted by molar-refractivity contribution is -0.121. The summed E-state index contributed by atoms with van der Waals surface area (Å²) in [5.74, 6) is -0.00251. The molecule has 1 aromatic carbocycles. The minimum absolute atomic E-state index is 0.00251. The summed E-state index contributed by atoms with van der Waals surface area (Å²) >= 11 is 0. The van der Waals surface area contributed by atoms with E-state index in [2.05, 4.69) is 46.6 Å². The van der Waals surface area contributed by atoms with Gasteiger partial charge in [-0.3, -0.25) is 14.5 Å². The van der Waals surface area contributed by atoms with E-state index >= 15 is 0 Å². The average Bonchev–Trinajstić information content (AvgIpc) is 3.04. The topological polar surface area (TPSA) is 59.8 Å². The van der Waals surface area contributed by atoms with Crippen LogP contribution in [0.2, 0.25) is 0 Å². The second-order valence-electron chi connectivity index (χ2n) is 6.14. The van der Waals surface area contributed by atoms with Crippen LogP contribution < -0.4 is 5.32 Å². The van der Waals surface area contributed by atoms with Gasteiger partial charge in [0, 0.05) is 37.3 Å². The minimum Gasteiger partial charge on any atom is -0.345 e. The lowest BCUT2D eigenvalue weighted by Crippen LogP contribution is -2.30. The van der Waals surface area contributed by atoms with Crippen LogP contribution in [0.15, 0.2) is 61.1 Å². The molecule has 0 bridgehead atoms. The van der Waals surface area contributed by atoms with Crippen molar-refractivity contribution in [2.75, 3.05) is 0 Å². The number of carbonyl (C=O) groups excluding carboxylic acids is 1. The van der Waals surface area contributed by atoms with Crippen molar-refractivity contribution in [1.82, 2.24) is 20.1 Å². The average molecular weight is 334 g/mol. The van der Waals surface area contributed by atoms with Gasteiger partial charge in [0.2, 0.25) is 5.91 Å². The summed E-state index contributed by atoms with van der Waals surface area (Å²) in [6.45, 7) is 4.61. The van der Waals surface area contributed by atoms with Crippen LogP contribution in [-0.2, 0) is 11.3 Å². The Labute approximate surface area is 147 Å². The van der Waals surface area contributed by atoms with Crippen LogP contribution in [0.3, 0.4) is 0 Å². The van der Waals surface area contributed by atoms with E-state index in [4.69, 9.17) is 0 Å². The fourth-order valence-corrected chi connectivity index (χ4v) is 2.75. The highest BCUT2D eigenvalue weighted by molar-refractivity contribution is 5.77. The van der Waals surface area contributed by atoms with E-state index < -0.39 is 0 Å². The molecule has 0 fully saturated rings. The Bertz CT molecular complexity index is 824. The molecule has 3 rings (SSSR count). The number of aromatic nitrogens is 3. The number of amides is 1. The lowest BCUT2D eigenvalue weighted by Gasteiger charge is -2.20. The largest absolute Gasteiger partial charge is 0.345 e. The van der Waals surface area contributed by atoms with Gasteiger partial charge < -0.3 is 5.32 Å². The van der Waals surface area contributed by atoms with E-state index in [9.17, 15) is 4.79 Å². The van der Waals surface area contributed by atoms with Crippen LogP contribution >= 0.6 is 0 Å². The predicted octanol–water partition coefficient (Wildman–Crippen LogP) is 3.19. The molecule has 0 unspecified atom stereocenters.